The lowest BCUT2D eigenvalue weighted by molar-refractivity contribution is 0.275. The van der Waals surface area contributed by atoms with Crippen LogP contribution in [0.5, 0.6) is 0 Å². The van der Waals surface area contributed by atoms with Gasteiger partial charge in [0.05, 0.1) is 0 Å². The van der Waals surface area contributed by atoms with E-state index in [1.165, 1.54) is 32.1 Å². The van der Waals surface area contributed by atoms with E-state index >= 15 is 0 Å². The highest BCUT2D eigenvalue weighted by Crippen LogP contribution is 2.30. The molecule has 3 nitrogen and oxygen atoms in total. The second-order valence-electron chi connectivity index (χ2n) is 5.94. The molecule has 1 fully saturated rings. The fourth-order valence-electron chi connectivity index (χ4n) is 3.00. The molecular weight excluding hydrogens is 222 g/mol. The highest BCUT2D eigenvalue weighted by atomic mass is 15.2. The number of aryl methyl sites for hydroxylation is 1. The molecule has 3 unspecified atom stereocenters. The maximum absolute atomic E-state index is 4.47. The van der Waals surface area contributed by atoms with Crippen LogP contribution in [0.2, 0.25) is 0 Å². The second-order valence-corrected chi connectivity index (χ2v) is 5.94. The molecule has 0 spiro atoms. The number of nitrogens with zero attached hydrogens (tertiary/aromatic N) is 2. The molecule has 1 aromatic heterocycles. The van der Waals surface area contributed by atoms with Crippen LogP contribution in [-0.4, -0.2) is 15.6 Å². The first-order valence-corrected chi connectivity index (χ1v) is 7.48. The van der Waals surface area contributed by atoms with Crippen molar-refractivity contribution in [1.82, 2.24) is 9.55 Å². The maximum Gasteiger partial charge on any atom is 0.202 e. The molecule has 0 saturated heterocycles. The zero-order chi connectivity index (χ0) is 13.0. The Kier molecular flexibility index (Phi) is 4.67. The smallest absolute Gasteiger partial charge is 0.202 e. The van der Waals surface area contributed by atoms with Crippen molar-refractivity contribution in [3.05, 3.63) is 12.4 Å². The van der Waals surface area contributed by atoms with E-state index in [0.717, 1.165) is 24.3 Å². The van der Waals surface area contributed by atoms with Gasteiger partial charge in [0.2, 0.25) is 5.95 Å². The van der Waals surface area contributed by atoms with E-state index in [1.54, 1.807) is 0 Å². The van der Waals surface area contributed by atoms with E-state index in [0.29, 0.717) is 6.04 Å². The number of imidazole rings is 1. The molecule has 102 valence electrons. The normalized spacial score (nSPS) is 28.3. The Bertz CT molecular complexity index is 358. The van der Waals surface area contributed by atoms with Crippen molar-refractivity contribution in [2.45, 2.75) is 65.5 Å². The van der Waals surface area contributed by atoms with E-state index in [9.17, 15) is 0 Å². The highest BCUT2D eigenvalue weighted by molar-refractivity contribution is 5.28. The van der Waals surface area contributed by atoms with Crippen molar-refractivity contribution >= 4 is 5.95 Å². The minimum Gasteiger partial charge on any atom is -0.353 e. The summed E-state index contributed by atoms with van der Waals surface area (Å²) in [5.41, 5.74) is 0. The van der Waals surface area contributed by atoms with Crippen molar-refractivity contribution < 1.29 is 0 Å². The van der Waals surface area contributed by atoms with E-state index in [4.69, 9.17) is 0 Å². The number of nitrogens with one attached hydrogen (secondary N) is 1. The molecule has 1 aliphatic rings. The minimum absolute atomic E-state index is 0.601. The monoisotopic (exact) mass is 249 g/mol. The lowest BCUT2D eigenvalue weighted by Gasteiger charge is -2.33. The second kappa shape index (κ2) is 6.26. The van der Waals surface area contributed by atoms with Crippen molar-refractivity contribution in [3.63, 3.8) is 0 Å². The first-order chi connectivity index (χ1) is 8.70. The van der Waals surface area contributed by atoms with Crippen LogP contribution in [0, 0.1) is 11.8 Å². The predicted octanol–water partition coefficient (Wildman–Crippen LogP) is 3.92. The lowest BCUT2D eigenvalue weighted by atomic mass is 9.80. The predicted molar refractivity (Wildman–Crippen MR) is 76.7 cm³/mol. The van der Waals surface area contributed by atoms with Gasteiger partial charge in [-0.05, 0) is 37.5 Å². The third kappa shape index (κ3) is 3.27. The van der Waals surface area contributed by atoms with Crippen molar-refractivity contribution in [1.29, 1.82) is 0 Å². The van der Waals surface area contributed by atoms with Crippen molar-refractivity contribution in [2.24, 2.45) is 11.8 Å². The van der Waals surface area contributed by atoms with E-state index in [1.807, 2.05) is 6.20 Å². The van der Waals surface area contributed by atoms with Crippen LogP contribution < -0.4 is 5.32 Å². The van der Waals surface area contributed by atoms with E-state index in [2.05, 4.69) is 41.8 Å². The molecule has 1 heterocycles. The van der Waals surface area contributed by atoms with E-state index in [-0.39, 0.29) is 0 Å². The molecule has 2 rings (SSSR count). The van der Waals surface area contributed by atoms with E-state index < -0.39 is 0 Å². The van der Waals surface area contributed by atoms with Gasteiger partial charge < -0.3 is 9.88 Å². The van der Waals surface area contributed by atoms with Gasteiger partial charge in [0, 0.05) is 25.0 Å². The van der Waals surface area contributed by atoms with Gasteiger partial charge in [-0.15, -0.1) is 0 Å². The molecule has 3 heteroatoms. The molecule has 0 aromatic carbocycles. The standard InChI is InChI=1S/C15H27N3/c1-4-5-9-18-10-8-16-15(18)17-14-7-6-12(2)11-13(14)3/h8,10,12-14H,4-7,9,11H2,1-3H3,(H,16,17). The third-order valence-electron chi connectivity index (χ3n) is 4.21. The Morgan fingerprint density at radius 2 is 2.22 bits per heavy atom. The molecule has 18 heavy (non-hydrogen) atoms. The fourth-order valence-corrected chi connectivity index (χ4v) is 3.00. The summed E-state index contributed by atoms with van der Waals surface area (Å²) in [7, 11) is 0. The van der Waals surface area contributed by atoms with Gasteiger partial charge in [-0.2, -0.15) is 0 Å². The Morgan fingerprint density at radius 1 is 1.39 bits per heavy atom. The summed E-state index contributed by atoms with van der Waals surface area (Å²) in [5.74, 6) is 2.71. The van der Waals surface area contributed by atoms with Gasteiger partial charge in [-0.25, -0.2) is 4.98 Å². The molecule has 3 atom stereocenters. The third-order valence-corrected chi connectivity index (χ3v) is 4.21. The Balaban J connectivity index is 1.94. The summed E-state index contributed by atoms with van der Waals surface area (Å²) in [6.07, 6.45) is 10.4. The van der Waals surface area contributed by atoms with Gasteiger partial charge in [-0.3, -0.25) is 0 Å². The number of hydrogen-bond donors (Lipinski definition) is 1. The SMILES string of the molecule is CCCCn1ccnc1NC1CCC(C)CC1C. The molecule has 0 radical (unpaired) electrons. The topological polar surface area (TPSA) is 29.9 Å². The highest BCUT2D eigenvalue weighted by Gasteiger charge is 2.25. The maximum atomic E-state index is 4.47. The minimum atomic E-state index is 0.601. The van der Waals surface area contributed by atoms with Crippen LogP contribution in [0.4, 0.5) is 5.95 Å². The average molecular weight is 249 g/mol. The van der Waals surface area contributed by atoms with Crippen LogP contribution >= 0.6 is 0 Å². The Labute approximate surface area is 111 Å². The molecule has 0 amide bonds. The van der Waals surface area contributed by atoms with Crippen LogP contribution in [0.25, 0.3) is 0 Å². The van der Waals surface area contributed by atoms with Gasteiger partial charge >= 0.3 is 0 Å². The van der Waals surface area contributed by atoms with Gasteiger partial charge in [0.25, 0.3) is 0 Å². The van der Waals surface area contributed by atoms with Crippen molar-refractivity contribution in [2.75, 3.05) is 5.32 Å². The van der Waals surface area contributed by atoms with Gasteiger partial charge in [-0.1, -0.05) is 27.2 Å². The first-order valence-electron chi connectivity index (χ1n) is 7.48. The summed E-state index contributed by atoms with van der Waals surface area (Å²) in [6.45, 7) is 8.05. The number of unbranched alkanes of at least 4 members (excludes halogenated alkanes) is 1. The zero-order valence-corrected chi connectivity index (χ0v) is 12.0. The van der Waals surface area contributed by atoms with Crippen LogP contribution in [-0.2, 0) is 6.54 Å². The van der Waals surface area contributed by atoms with Gasteiger partial charge in [0.15, 0.2) is 0 Å². The summed E-state index contributed by atoms with van der Waals surface area (Å²) >= 11 is 0. The number of hydrogen-bond acceptors (Lipinski definition) is 2. The molecule has 1 aliphatic carbocycles. The number of aromatic nitrogens is 2. The lowest BCUT2D eigenvalue weighted by Crippen LogP contribution is -2.34. The number of anilines is 1. The molecule has 1 aromatic rings. The van der Waals surface area contributed by atoms with Crippen LogP contribution in [0.15, 0.2) is 12.4 Å². The Morgan fingerprint density at radius 3 is 2.94 bits per heavy atom. The van der Waals surface area contributed by atoms with Crippen LogP contribution in [0.1, 0.15) is 52.9 Å². The average Bonchev–Trinajstić information content (AvgIpc) is 2.77. The zero-order valence-electron chi connectivity index (χ0n) is 12.0. The summed E-state index contributed by atoms with van der Waals surface area (Å²) in [4.78, 5) is 4.47. The molecular formula is C15H27N3. The van der Waals surface area contributed by atoms with Gasteiger partial charge in [0.1, 0.15) is 0 Å². The molecule has 0 bridgehead atoms. The first kappa shape index (κ1) is 13.4. The number of rotatable bonds is 5. The molecule has 0 aliphatic heterocycles. The largest absolute Gasteiger partial charge is 0.353 e. The summed E-state index contributed by atoms with van der Waals surface area (Å²) in [5, 5.41) is 3.66. The summed E-state index contributed by atoms with van der Waals surface area (Å²) in [6, 6.07) is 0.601. The quantitative estimate of drug-likeness (QED) is 0.857. The fraction of sp³-hybridized carbons (Fsp3) is 0.800. The van der Waals surface area contributed by atoms with Crippen LogP contribution in [0.3, 0.4) is 0 Å². The molecule has 1 N–H and O–H groups in total. The Hall–Kier alpha value is -0.990. The summed E-state index contributed by atoms with van der Waals surface area (Å²) < 4.78 is 2.26. The van der Waals surface area contributed by atoms with Crippen molar-refractivity contribution in [3.8, 4) is 0 Å². The molecule has 1 saturated carbocycles.